The predicted molar refractivity (Wildman–Crippen MR) is 120 cm³/mol. The Balaban J connectivity index is 1.98. The van der Waals surface area contributed by atoms with E-state index in [4.69, 9.17) is 9.47 Å². The van der Waals surface area contributed by atoms with Gasteiger partial charge in [0, 0.05) is 24.0 Å². The van der Waals surface area contributed by atoms with Crippen LogP contribution in [0.4, 0.5) is 16.2 Å². The Hall–Kier alpha value is -3.48. The van der Waals surface area contributed by atoms with Gasteiger partial charge in [-0.05, 0) is 55.3 Å². The van der Waals surface area contributed by atoms with E-state index in [0.29, 0.717) is 36.0 Å². The number of hydrogen-bond donors (Lipinski definition) is 3. The number of unbranched alkanes of at least 4 members (excludes halogenated alkanes) is 1. The Kier molecular flexibility index (Phi) is 9.24. The van der Waals surface area contributed by atoms with Crippen LogP contribution < -0.4 is 25.4 Å². The van der Waals surface area contributed by atoms with Crippen LogP contribution in [0.15, 0.2) is 48.5 Å². The lowest BCUT2D eigenvalue weighted by atomic mass is 10.2. The largest absolute Gasteiger partial charge is 0.493 e. The van der Waals surface area contributed by atoms with Crippen LogP contribution in [0.3, 0.4) is 0 Å². The van der Waals surface area contributed by atoms with E-state index in [2.05, 4.69) is 22.9 Å². The molecular weight excluding hydrogens is 382 g/mol. The zero-order valence-corrected chi connectivity index (χ0v) is 17.7. The molecule has 0 aliphatic carbocycles. The number of urea groups is 1. The molecule has 2 rings (SSSR count). The van der Waals surface area contributed by atoms with Crippen molar-refractivity contribution in [3.8, 4) is 11.5 Å². The number of ether oxygens (including phenoxy) is 2. The van der Waals surface area contributed by atoms with Crippen LogP contribution in [0, 0.1) is 0 Å². The molecular formula is C23H29N3O4. The van der Waals surface area contributed by atoms with E-state index >= 15 is 0 Å². The first kappa shape index (κ1) is 22.8. The van der Waals surface area contributed by atoms with Gasteiger partial charge < -0.3 is 25.4 Å². The van der Waals surface area contributed by atoms with Crippen molar-refractivity contribution in [2.24, 2.45) is 0 Å². The highest BCUT2D eigenvalue weighted by atomic mass is 16.5. The average molecular weight is 412 g/mol. The average Bonchev–Trinajstić information content (AvgIpc) is 2.73. The summed E-state index contributed by atoms with van der Waals surface area (Å²) in [6.45, 7) is 5.11. The first-order valence-corrected chi connectivity index (χ1v) is 10.0. The summed E-state index contributed by atoms with van der Waals surface area (Å²) in [5.41, 5.74) is 1.99. The van der Waals surface area contributed by atoms with E-state index in [0.717, 1.165) is 18.4 Å². The molecule has 3 amide bonds. The molecule has 2 aromatic carbocycles. The number of rotatable bonds is 10. The Labute approximate surface area is 177 Å². The van der Waals surface area contributed by atoms with Gasteiger partial charge in [-0.15, -0.1) is 0 Å². The van der Waals surface area contributed by atoms with Crippen LogP contribution in [0.2, 0.25) is 0 Å². The summed E-state index contributed by atoms with van der Waals surface area (Å²) >= 11 is 0. The Morgan fingerprint density at radius 2 is 1.77 bits per heavy atom. The van der Waals surface area contributed by atoms with Crippen molar-refractivity contribution >= 4 is 29.4 Å². The van der Waals surface area contributed by atoms with Crippen molar-refractivity contribution in [2.45, 2.75) is 26.7 Å². The highest BCUT2D eigenvalue weighted by Gasteiger charge is 2.06. The second-order valence-corrected chi connectivity index (χ2v) is 6.50. The molecule has 7 heteroatoms. The number of carbonyl (C=O) groups is 2. The fourth-order valence-electron chi connectivity index (χ4n) is 2.60. The second kappa shape index (κ2) is 12.2. The van der Waals surface area contributed by atoms with Gasteiger partial charge in [0.1, 0.15) is 0 Å². The van der Waals surface area contributed by atoms with E-state index in [1.54, 1.807) is 37.5 Å². The zero-order valence-electron chi connectivity index (χ0n) is 17.7. The minimum atomic E-state index is -0.294. The van der Waals surface area contributed by atoms with Crippen LogP contribution in [0.1, 0.15) is 32.3 Å². The van der Waals surface area contributed by atoms with Crippen molar-refractivity contribution in [2.75, 3.05) is 30.9 Å². The SMILES string of the molecule is CCCCOc1ccc(/C=C/C(=O)Nc2cccc(NC(=O)NCC)c2)cc1OC. The molecule has 0 aliphatic heterocycles. The van der Waals surface area contributed by atoms with Crippen LogP contribution in [-0.2, 0) is 4.79 Å². The number of hydrogen-bond acceptors (Lipinski definition) is 4. The van der Waals surface area contributed by atoms with Gasteiger partial charge in [0.15, 0.2) is 11.5 Å². The third-order valence-corrected chi connectivity index (χ3v) is 4.10. The summed E-state index contributed by atoms with van der Waals surface area (Å²) in [5, 5.41) is 8.14. The summed E-state index contributed by atoms with van der Waals surface area (Å²) in [6.07, 6.45) is 5.18. The summed E-state index contributed by atoms with van der Waals surface area (Å²) in [7, 11) is 1.59. The van der Waals surface area contributed by atoms with Crippen LogP contribution in [0.5, 0.6) is 11.5 Å². The maximum absolute atomic E-state index is 12.3. The second-order valence-electron chi connectivity index (χ2n) is 6.50. The minimum absolute atomic E-state index is 0.285. The zero-order chi connectivity index (χ0) is 21.8. The molecule has 0 radical (unpaired) electrons. The van der Waals surface area contributed by atoms with E-state index in [1.807, 2.05) is 25.1 Å². The van der Waals surface area contributed by atoms with E-state index in [-0.39, 0.29) is 11.9 Å². The number of nitrogens with one attached hydrogen (secondary N) is 3. The molecule has 30 heavy (non-hydrogen) atoms. The highest BCUT2D eigenvalue weighted by Crippen LogP contribution is 2.28. The molecule has 0 aliphatic rings. The van der Waals surface area contributed by atoms with Gasteiger partial charge in [0.2, 0.25) is 5.91 Å². The topological polar surface area (TPSA) is 88.7 Å². The molecule has 0 saturated heterocycles. The van der Waals surface area contributed by atoms with Gasteiger partial charge in [0.05, 0.1) is 13.7 Å². The number of anilines is 2. The maximum Gasteiger partial charge on any atom is 0.319 e. The number of amides is 3. The van der Waals surface area contributed by atoms with Gasteiger partial charge in [-0.2, -0.15) is 0 Å². The Morgan fingerprint density at radius 1 is 1.00 bits per heavy atom. The predicted octanol–water partition coefficient (Wildman–Crippen LogP) is 4.67. The molecule has 0 unspecified atom stereocenters. The van der Waals surface area contributed by atoms with Crippen molar-refractivity contribution in [3.63, 3.8) is 0 Å². The lowest BCUT2D eigenvalue weighted by molar-refractivity contribution is -0.111. The Bertz CT molecular complexity index is 881. The monoisotopic (exact) mass is 411 g/mol. The fraction of sp³-hybridized carbons (Fsp3) is 0.304. The summed E-state index contributed by atoms with van der Waals surface area (Å²) in [5.74, 6) is 1.02. The first-order valence-electron chi connectivity index (χ1n) is 10.0. The van der Waals surface area contributed by atoms with E-state index < -0.39 is 0 Å². The first-order chi connectivity index (χ1) is 14.5. The molecule has 0 fully saturated rings. The van der Waals surface area contributed by atoms with Crippen molar-refractivity contribution in [1.29, 1.82) is 0 Å². The summed E-state index contributed by atoms with van der Waals surface area (Å²) in [6, 6.07) is 12.2. The fourth-order valence-corrected chi connectivity index (χ4v) is 2.60. The molecule has 0 atom stereocenters. The van der Waals surface area contributed by atoms with Gasteiger partial charge in [0.25, 0.3) is 0 Å². The smallest absolute Gasteiger partial charge is 0.319 e. The van der Waals surface area contributed by atoms with E-state index in [1.165, 1.54) is 6.08 Å². The minimum Gasteiger partial charge on any atom is -0.493 e. The molecule has 0 spiro atoms. The molecule has 2 aromatic rings. The van der Waals surface area contributed by atoms with Gasteiger partial charge >= 0.3 is 6.03 Å². The highest BCUT2D eigenvalue weighted by molar-refractivity contribution is 6.02. The molecule has 0 heterocycles. The van der Waals surface area contributed by atoms with Crippen molar-refractivity contribution < 1.29 is 19.1 Å². The number of carbonyl (C=O) groups excluding carboxylic acids is 2. The van der Waals surface area contributed by atoms with Crippen molar-refractivity contribution in [3.05, 3.63) is 54.1 Å². The maximum atomic E-state index is 12.3. The quantitative estimate of drug-likeness (QED) is 0.392. The summed E-state index contributed by atoms with van der Waals surface area (Å²) in [4.78, 5) is 23.9. The molecule has 160 valence electrons. The lowest BCUT2D eigenvalue weighted by Gasteiger charge is -2.11. The molecule has 0 aromatic heterocycles. The molecule has 0 bridgehead atoms. The standard InChI is InChI=1S/C23H29N3O4/c1-4-6-14-30-20-12-10-17(15-21(20)29-3)11-13-22(27)25-18-8-7-9-19(16-18)26-23(28)24-5-2/h7-13,15-16H,4-6,14H2,1-3H3,(H,25,27)(H2,24,26,28)/b13-11+. The van der Waals surface area contributed by atoms with Crippen LogP contribution >= 0.6 is 0 Å². The molecule has 0 saturated carbocycles. The normalized spacial score (nSPS) is 10.5. The number of benzene rings is 2. The lowest BCUT2D eigenvalue weighted by Crippen LogP contribution is -2.28. The molecule has 3 N–H and O–H groups in total. The van der Waals surface area contributed by atoms with Gasteiger partial charge in [-0.25, -0.2) is 4.79 Å². The third kappa shape index (κ3) is 7.50. The van der Waals surface area contributed by atoms with E-state index in [9.17, 15) is 9.59 Å². The third-order valence-electron chi connectivity index (χ3n) is 4.10. The van der Waals surface area contributed by atoms with Gasteiger partial charge in [-0.3, -0.25) is 4.79 Å². The summed E-state index contributed by atoms with van der Waals surface area (Å²) < 4.78 is 11.1. The van der Waals surface area contributed by atoms with Gasteiger partial charge in [-0.1, -0.05) is 25.5 Å². The van der Waals surface area contributed by atoms with Crippen molar-refractivity contribution in [1.82, 2.24) is 5.32 Å². The molecule has 7 nitrogen and oxygen atoms in total. The Morgan fingerprint density at radius 3 is 2.47 bits per heavy atom. The van der Waals surface area contributed by atoms with Crippen LogP contribution in [0.25, 0.3) is 6.08 Å². The van der Waals surface area contributed by atoms with Crippen LogP contribution in [-0.4, -0.2) is 32.2 Å². The number of methoxy groups -OCH3 is 1.